The van der Waals surface area contributed by atoms with Crippen molar-refractivity contribution in [3.05, 3.63) is 29.1 Å². The lowest BCUT2D eigenvalue weighted by molar-refractivity contribution is 0.0519. The SMILES string of the molecule is CCOC(=O)c1cc2c(OC)c(OC)c3nc(C(=O)O)cc(C(=O)O)c3c2[nH]1. The number of aromatic nitrogens is 2. The molecule has 0 unspecified atom stereocenters. The number of nitrogens with one attached hydrogen (secondary N) is 1. The number of methoxy groups -OCH3 is 2. The van der Waals surface area contributed by atoms with Crippen LogP contribution < -0.4 is 9.47 Å². The van der Waals surface area contributed by atoms with Crippen molar-refractivity contribution in [2.75, 3.05) is 20.8 Å². The topological polar surface area (TPSA) is 148 Å². The van der Waals surface area contributed by atoms with Gasteiger partial charge in [-0.05, 0) is 19.1 Å². The van der Waals surface area contributed by atoms with Gasteiger partial charge in [0.1, 0.15) is 16.9 Å². The van der Waals surface area contributed by atoms with Crippen LogP contribution in [0.1, 0.15) is 38.3 Å². The maximum absolute atomic E-state index is 12.1. The molecule has 10 nitrogen and oxygen atoms in total. The fourth-order valence-electron chi connectivity index (χ4n) is 3.01. The molecular weight excluding hydrogens is 372 g/mol. The van der Waals surface area contributed by atoms with Crippen LogP contribution in [0.25, 0.3) is 21.8 Å². The number of pyridine rings is 1. The van der Waals surface area contributed by atoms with Crippen molar-refractivity contribution >= 4 is 39.7 Å². The summed E-state index contributed by atoms with van der Waals surface area (Å²) < 4.78 is 15.7. The molecule has 0 atom stereocenters. The lowest BCUT2D eigenvalue weighted by Crippen LogP contribution is -2.08. The minimum Gasteiger partial charge on any atom is -0.492 e. The number of H-pyrrole nitrogens is 1. The number of aromatic carboxylic acids is 2. The Labute approximate surface area is 157 Å². The van der Waals surface area contributed by atoms with E-state index in [2.05, 4.69) is 9.97 Å². The van der Waals surface area contributed by atoms with E-state index in [1.54, 1.807) is 6.92 Å². The van der Waals surface area contributed by atoms with Gasteiger partial charge in [-0.1, -0.05) is 0 Å². The first-order valence-electron chi connectivity index (χ1n) is 8.09. The van der Waals surface area contributed by atoms with E-state index >= 15 is 0 Å². The molecule has 3 N–H and O–H groups in total. The maximum atomic E-state index is 12.1. The number of carbonyl (C=O) groups excluding carboxylic acids is 1. The minimum absolute atomic E-state index is 0.0265. The Bertz CT molecular complexity index is 1130. The van der Waals surface area contributed by atoms with Crippen LogP contribution in [-0.2, 0) is 4.74 Å². The summed E-state index contributed by atoms with van der Waals surface area (Å²) in [6, 6.07) is 2.40. The first kappa shape index (κ1) is 19.0. The summed E-state index contributed by atoms with van der Waals surface area (Å²) >= 11 is 0. The van der Waals surface area contributed by atoms with Crippen LogP contribution in [-0.4, -0.2) is 58.9 Å². The zero-order valence-electron chi connectivity index (χ0n) is 15.2. The molecule has 0 saturated carbocycles. The molecule has 3 rings (SSSR count). The van der Waals surface area contributed by atoms with Crippen LogP contribution in [0.3, 0.4) is 0 Å². The molecule has 0 amide bonds. The van der Waals surface area contributed by atoms with Crippen molar-refractivity contribution in [1.82, 2.24) is 9.97 Å². The van der Waals surface area contributed by atoms with Crippen molar-refractivity contribution in [3.8, 4) is 11.5 Å². The molecule has 0 aliphatic heterocycles. The van der Waals surface area contributed by atoms with Crippen molar-refractivity contribution in [2.45, 2.75) is 6.92 Å². The van der Waals surface area contributed by atoms with Gasteiger partial charge in [-0.3, -0.25) is 0 Å². The predicted molar refractivity (Wildman–Crippen MR) is 96.6 cm³/mol. The standard InChI is InChI=1S/C18H16N2O8/c1-4-28-18(25)10-6-8-12(20-10)11-7(16(21)22)5-9(17(23)24)19-13(11)15(27-3)14(8)26-2/h5-6,20H,4H2,1-3H3,(H,21,22)(H,23,24). The smallest absolute Gasteiger partial charge is 0.354 e. The molecule has 0 radical (unpaired) electrons. The Hall–Kier alpha value is -3.82. The highest BCUT2D eigenvalue weighted by Crippen LogP contribution is 2.44. The van der Waals surface area contributed by atoms with Gasteiger partial charge in [0, 0.05) is 10.8 Å². The average molecular weight is 388 g/mol. The fraction of sp³-hybridized carbons (Fsp3) is 0.222. The number of ether oxygens (including phenoxy) is 3. The van der Waals surface area contributed by atoms with E-state index in [0.717, 1.165) is 6.07 Å². The number of carboxylic acid groups (broad SMARTS) is 2. The molecule has 0 aliphatic rings. The highest BCUT2D eigenvalue weighted by molar-refractivity contribution is 6.20. The first-order valence-corrected chi connectivity index (χ1v) is 8.09. The lowest BCUT2D eigenvalue weighted by Gasteiger charge is -2.14. The second-order valence-electron chi connectivity index (χ2n) is 5.65. The van der Waals surface area contributed by atoms with Crippen molar-refractivity contribution in [1.29, 1.82) is 0 Å². The minimum atomic E-state index is -1.40. The zero-order valence-corrected chi connectivity index (χ0v) is 15.2. The molecule has 2 heterocycles. The van der Waals surface area contributed by atoms with Crippen molar-refractivity contribution in [3.63, 3.8) is 0 Å². The third-order valence-electron chi connectivity index (χ3n) is 4.11. The van der Waals surface area contributed by atoms with Gasteiger partial charge in [0.25, 0.3) is 0 Å². The van der Waals surface area contributed by atoms with E-state index in [-0.39, 0.29) is 45.8 Å². The van der Waals surface area contributed by atoms with Crippen LogP contribution in [0.4, 0.5) is 0 Å². The Morgan fingerprint density at radius 1 is 1.07 bits per heavy atom. The van der Waals surface area contributed by atoms with E-state index in [1.807, 2.05) is 0 Å². The van der Waals surface area contributed by atoms with Crippen LogP contribution in [0.2, 0.25) is 0 Å². The quantitative estimate of drug-likeness (QED) is 0.541. The van der Waals surface area contributed by atoms with Gasteiger partial charge < -0.3 is 29.4 Å². The monoisotopic (exact) mass is 388 g/mol. The Kier molecular flexibility index (Phi) is 4.78. The van der Waals surface area contributed by atoms with Crippen LogP contribution in [0.15, 0.2) is 12.1 Å². The van der Waals surface area contributed by atoms with Crippen LogP contribution in [0.5, 0.6) is 11.5 Å². The second-order valence-corrected chi connectivity index (χ2v) is 5.65. The van der Waals surface area contributed by atoms with E-state index < -0.39 is 23.6 Å². The highest BCUT2D eigenvalue weighted by atomic mass is 16.5. The first-order chi connectivity index (χ1) is 13.3. The van der Waals surface area contributed by atoms with Gasteiger partial charge in [-0.15, -0.1) is 0 Å². The van der Waals surface area contributed by atoms with Gasteiger partial charge in [0.2, 0.25) is 0 Å². The Balaban J connectivity index is 2.55. The van der Waals surface area contributed by atoms with E-state index in [1.165, 1.54) is 20.3 Å². The molecule has 2 aromatic heterocycles. The highest BCUT2D eigenvalue weighted by Gasteiger charge is 2.26. The number of benzene rings is 1. The largest absolute Gasteiger partial charge is 0.492 e. The molecule has 0 aliphatic carbocycles. The third-order valence-corrected chi connectivity index (χ3v) is 4.11. The number of hydrogen-bond acceptors (Lipinski definition) is 7. The number of carbonyl (C=O) groups is 3. The number of nitrogens with zero attached hydrogens (tertiary/aromatic N) is 1. The van der Waals surface area contributed by atoms with Crippen molar-refractivity contribution in [2.24, 2.45) is 0 Å². The predicted octanol–water partition coefficient (Wildman–Crippen LogP) is 2.31. The summed E-state index contributed by atoms with van der Waals surface area (Å²) in [5.74, 6) is -3.19. The third kappa shape index (κ3) is 2.84. The molecule has 1 aromatic carbocycles. The fourth-order valence-corrected chi connectivity index (χ4v) is 3.01. The van der Waals surface area contributed by atoms with Gasteiger partial charge in [0.05, 0.1) is 31.9 Å². The van der Waals surface area contributed by atoms with Gasteiger partial charge in [-0.2, -0.15) is 0 Å². The van der Waals surface area contributed by atoms with E-state index in [0.29, 0.717) is 5.39 Å². The van der Waals surface area contributed by atoms with Gasteiger partial charge in [-0.25, -0.2) is 19.4 Å². The molecule has 0 fully saturated rings. The maximum Gasteiger partial charge on any atom is 0.354 e. The average Bonchev–Trinajstić information content (AvgIpc) is 3.10. The molecule has 28 heavy (non-hydrogen) atoms. The summed E-state index contributed by atoms with van der Waals surface area (Å²) in [5.41, 5.74) is -0.505. The number of carboxylic acids is 2. The molecule has 0 bridgehead atoms. The van der Waals surface area contributed by atoms with E-state index in [4.69, 9.17) is 14.2 Å². The Morgan fingerprint density at radius 3 is 2.29 bits per heavy atom. The Morgan fingerprint density at radius 2 is 1.75 bits per heavy atom. The summed E-state index contributed by atoms with van der Waals surface area (Å²) in [6.45, 7) is 1.80. The molecular formula is C18H16N2O8. The lowest BCUT2D eigenvalue weighted by atomic mass is 10.0. The molecule has 10 heteroatoms. The summed E-state index contributed by atoms with van der Waals surface area (Å²) in [7, 11) is 2.68. The number of aromatic amines is 1. The number of hydrogen-bond donors (Lipinski definition) is 3. The molecule has 0 saturated heterocycles. The molecule has 146 valence electrons. The molecule has 0 spiro atoms. The second kappa shape index (κ2) is 7.06. The zero-order chi connectivity index (χ0) is 20.6. The number of esters is 1. The summed E-state index contributed by atoms with van der Waals surface area (Å²) in [4.78, 5) is 42.2. The molecule has 3 aromatic rings. The van der Waals surface area contributed by atoms with Crippen LogP contribution >= 0.6 is 0 Å². The van der Waals surface area contributed by atoms with E-state index in [9.17, 15) is 24.6 Å². The number of rotatable bonds is 6. The van der Waals surface area contributed by atoms with Crippen LogP contribution in [0, 0.1) is 0 Å². The summed E-state index contributed by atoms with van der Waals surface area (Å²) in [5, 5.41) is 19.4. The summed E-state index contributed by atoms with van der Waals surface area (Å²) in [6.07, 6.45) is 0. The number of fused-ring (bicyclic) bond motifs is 3. The van der Waals surface area contributed by atoms with Gasteiger partial charge >= 0.3 is 17.9 Å². The van der Waals surface area contributed by atoms with Gasteiger partial charge in [0.15, 0.2) is 11.5 Å². The van der Waals surface area contributed by atoms with Crippen molar-refractivity contribution < 1.29 is 38.8 Å². The normalized spacial score (nSPS) is 10.8.